The summed E-state index contributed by atoms with van der Waals surface area (Å²) in [4.78, 5) is 25.6. The Kier molecular flexibility index (Phi) is 5.99. The summed E-state index contributed by atoms with van der Waals surface area (Å²) in [6, 6.07) is -0.141. The predicted octanol–water partition coefficient (Wildman–Crippen LogP) is 1.55. The molecule has 1 saturated heterocycles. The SMILES string of the molecule is CCOC(=O)C1CCN(C(=O)CC(N)C(C)(C)C)CC1. The average molecular weight is 284 g/mol. The van der Waals surface area contributed by atoms with Crippen molar-refractivity contribution in [2.24, 2.45) is 17.1 Å². The molecule has 1 atom stereocenters. The number of nitrogens with zero attached hydrogens (tertiary/aromatic N) is 1. The Labute approximate surface area is 121 Å². The number of esters is 1. The number of hydrogen-bond donors (Lipinski definition) is 1. The van der Waals surface area contributed by atoms with Crippen LogP contribution in [0.3, 0.4) is 0 Å². The highest BCUT2D eigenvalue weighted by Crippen LogP contribution is 2.23. The van der Waals surface area contributed by atoms with E-state index in [1.807, 2.05) is 32.6 Å². The van der Waals surface area contributed by atoms with Crippen molar-refractivity contribution < 1.29 is 14.3 Å². The standard InChI is InChI=1S/C15H28N2O3/c1-5-20-14(19)11-6-8-17(9-7-11)13(18)10-12(16)15(2,3)4/h11-12H,5-10,16H2,1-4H3. The van der Waals surface area contributed by atoms with Gasteiger partial charge in [0.2, 0.25) is 5.91 Å². The number of hydrogen-bond acceptors (Lipinski definition) is 4. The molecule has 0 aromatic heterocycles. The minimum atomic E-state index is -0.141. The molecule has 20 heavy (non-hydrogen) atoms. The third-order valence-corrected chi connectivity index (χ3v) is 3.97. The minimum absolute atomic E-state index is 0.0599. The first-order valence-corrected chi connectivity index (χ1v) is 7.45. The highest BCUT2D eigenvalue weighted by atomic mass is 16.5. The van der Waals surface area contributed by atoms with Crippen molar-refractivity contribution >= 4 is 11.9 Å². The first kappa shape index (κ1) is 17.0. The molecule has 2 N–H and O–H groups in total. The number of carbonyl (C=O) groups is 2. The molecule has 0 spiro atoms. The quantitative estimate of drug-likeness (QED) is 0.795. The van der Waals surface area contributed by atoms with Gasteiger partial charge in [-0.15, -0.1) is 0 Å². The number of carbonyl (C=O) groups excluding carboxylic acids is 2. The van der Waals surface area contributed by atoms with Crippen LogP contribution in [0.5, 0.6) is 0 Å². The Bertz CT molecular complexity index is 342. The molecule has 0 aliphatic carbocycles. The van der Waals surface area contributed by atoms with E-state index in [1.165, 1.54) is 0 Å². The van der Waals surface area contributed by atoms with Gasteiger partial charge in [-0.3, -0.25) is 9.59 Å². The Morgan fingerprint density at radius 1 is 1.30 bits per heavy atom. The molecule has 116 valence electrons. The zero-order valence-electron chi connectivity index (χ0n) is 13.1. The van der Waals surface area contributed by atoms with E-state index in [4.69, 9.17) is 10.5 Å². The van der Waals surface area contributed by atoms with Gasteiger partial charge in [0.25, 0.3) is 0 Å². The van der Waals surface area contributed by atoms with Gasteiger partial charge < -0.3 is 15.4 Å². The summed E-state index contributed by atoms with van der Waals surface area (Å²) >= 11 is 0. The number of rotatable bonds is 4. The molecule has 1 rings (SSSR count). The second-order valence-electron chi connectivity index (χ2n) is 6.58. The summed E-state index contributed by atoms with van der Waals surface area (Å²) in [5.41, 5.74) is 5.98. The molecule has 5 nitrogen and oxygen atoms in total. The third kappa shape index (κ3) is 4.78. The molecular formula is C15H28N2O3. The maximum Gasteiger partial charge on any atom is 0.309 e. The normalized spacial score (nSPS) is 18.8. The molecule has 0 aromatic rings. The van der Waals surface area contributed by atoms with Crippen molar-refractivity contribution in [1.82, 2.24) is 4.90 Å². The van der Waals surface area contributed by atoms with E-state index in [0.29, 0.717) is 39.0 Å². The van der Waals surface area contributed by atoms with Crippen molar-refractivity contribution in [3.63, 3.8) is 0 Å². The lowest BCUT2D eigenvalue weighted by molar-refractivity contribution is -0.151. The Morgan fingerprint density at radius 2 is 1.85 bits per heavy atom. The molecular weight excluding hydrogens is 256 g/mol. The highest BCUT2D eigenvalue weighted by molar-refractivity contribution is 5.78. The van der Waals surface area contributed by atoms with Crippen LogP contribution in [0.25, 0.3) is 0 Å². The first-order valence-electron chi connectivity index (χ1n) is 7.45. The first-order chi connectivity index (χ1) is 9.25. The smallest absolute Gasteiger partial charge is 0.309 e. The number of nitrogens with two attached hydrogens (primary N) is 1. The van der Waals surface area contributed by atoms with Crippen molar-refractivity contribution in [3.05, 3.63) is 0 Å². The van der Waals surface area contributed by atoms with E-state index in [2.05, 4.69) is 0 Å². The monoisotopic (exact) mass is 284 g/mol. The summed E-state index contributed by atoms with van der Waals surface area (Å²) < 4.78 is 5.02. The van der Waals surface area contributed by atoms with E-state index in [1.54, 1.807) is 0 Å². The van der Waals surface area contributed by atoms with Gasteiger partial charge in [0.05, 0.1) is 12.5 Å². The van der Waals surface area contributed by atoms with Gasteiger partial charge in [-0.2, -0.15) is 0 Å². The van der Waals surface area contributed by atoms with Crippen LogP contribution in [-0.4, -0.2) is 42.5 Å². The van der Waals surface area contributed by atoms with Crippen LogP contribution >= 0.6 is 0 Å². The van der Waals surface area contributed by atoms with Crippen LogP contribution in [0, 0.1) is 11.3 Å². The molecule has 0 bridgehead atoms. The third-order valence-electron chi connectivity index (χ3n) is 3.97. The topological polar surface area (TPSA) is 72.6 Å². The molecule has 1 aliphatic heterocycles. The maximum absolute atomic E-state index is 12.2. The van der Waals surface area contributed by atoms with E-state index in [0.717, 1.165) is 0 Å². The van der Waals surface area contributed by atoms with Gasteiger partial charge in [-0.25, -0.2) is 0 Å². The van der Waals surface area contributed by atoms with Gasteiger partial charge in [-0.1, -0.05) is 20.8 Å². The number of amides is 1. The van der Waals surface area contributed by atoms with Gasteiger partial charge in [0.15, 0.2) is 0 Å². The van der Waals surface area contributed by atoms with Crippen molar-refractivity contribution in [1.29, 1.82) is 0 Å². The van der Waals surface area contributed by atoms with Crippen molar-refractivity contribution in [2.75, 3.05) is 19.7 Å². The van der Waals surface area contributed by atoms with E-state index in [-0.39, 0.29) is 29.3 Å². The summed E-state index contributed by atoms with van der Waals surface area (Å²) in [5, 5.41) is 0. The lowest BCUT2D eigenvalue weighted by Crippen LogP contribution is -2.45. The Morgan fingerprint density at radius 3 is 2.30 bits per heavy atom. The Hall–Kier alpha value is -1.10. The predicted molar refractivity (Wildman–Crippen MR) is 78.0 cm³/mol. The number of piperidine rings is 1. The van der Waals surface area contributed by atoms with Gasteiger partial charge in [-0.05, 0) is 25.2 Å². The lowest BCUT2D eigenvalue weighted by Gasteiger charge is -2.33. The van der Waals surface area contributed by atoms with Gasteiger partial charge in [0.1, 0.15) is 0 Å². The molecule has 5 heteroatoms. The lowest BCUT2D eigenvalue weighted by atomic mass is 9.85. The van der Waals surface area contributed by atoms with E-state index < -0.39 is 0 Å². The fourth-order valence-electron chi connectivity index (χ4n) is 2.25. The molecule has 1 unspecified atom stereocenters. The second kappa shape index (κ2) is 7.07. The Balaban J connectivity index is 2.41. The van der Waals surface area contributed by atoms with Crippen molar-refractivity contribution in [3.8, 4) is 0 Å². The molecule has 1 fully saturated rings. The molecule has 0 aromatic carbocycles. The zero-order chi connectivity index (χ0) is 15.3. The number of ether oxygens (including phenoxy) is 1. The zero-order valence-corrected chi connectivity index (χ0v) is 13.1. The highest BCUT2D eigenvalue weighted by Gasteiger charge is 2.30. The van der Waals surface area contributed by atoms with Crippen LogP contribution in [0.4, 0.5) is 0 Å². The molecule has 0 radical (unpaired) electrons. The minimum Gasteiger partial charge on any atom is -0.466 e. The van der Waals surface area contributed by atoms with Crippen LogP contribution in [0.2, 0.25) is 0 Å². The molecule has 1 aliphatic rings. The summed E-state index contributed by atoms with van der Waals surface area (Å²) in [6.45, 7) is 9.59. The van der Waals surface area contributed by atoms with Crippen molar-refractivity contribution in [2.45, 2.75) is 53.0 Å². The maximum atomic E-state index is 12.2. The fraction of sp³-hybridized carbons (Fsp3) is 0.867. The van der Waals surface area contributed by atoms with E-state index in [9.17, 15) is 9.59 Å². The second-order valence-corrected chi connectivity index (χ2v) is 6.58. The molecule has 0 saturated carbocycles. The van der Waals surface area contributed by atoms with Gasteiger partial charge in [0, 0.05) is 25.6 Å². The molecule has 1 amide bonds. The van der Waals surface area contributed by atoms with Crippen LogP contribution < -0.4 is 5.73 Å². The number of likely N-dealkylation sites (tertiary alicyclic amines) is 1. The fourth-order valence-corrected chi connectivity index (χ4v) is 2.25. The summed E-state index contributed by atoms with van der Waals surface area (Å²) in [6.07, 6.45) is 1.75. The largest absolute Gasteiger partial charge is 0.466 e. The van der Waals surface area contributed by atoms with E-state index >= 15 is 0 Å². The average Bonchev–Trinajstić information content (AvgIpc) is 2.38. The molecule has 1 heterocycles. The summed E-state index contributed by atoms with van der Waals surface area (Å²) in [7, 11) is 0. The van der Waals surface area contributed by atoms with Crippen LogP contribution in [-0.2, 0) is 14.3 Å². The van der Waals surface area contributed by atoms with Gasteiger partial charge >= 0.3 is 5.97 Å². The summed E-state index contributed by atoms with van der Waals surface area (Å²) in [5.74, 6) is -0.101. The van der Waals surface area contributed by atoms with Crippen LogP contribution in [0.1, 0.15) is 47.0 Å². The van der Waals surface area contributed by atoms with Crippen LogP contribution in [0.15, 0.2) is 0 Å².